The third-order valence-corrected chi connectivity index (χ3v) is 6.92. The third kappa shape index (κ3) is 5.81. The first kappa shape index (κ1) is 26.7. The molecule has 1 aliphatic heterocycles. The molecule has 1 heterocycles. The maximum atomic E-state index is 13.5. The number of aliphatic hydroxyl groups excluding tert-OH is 2. The molecule has 0 saturated carbocycles. The Labute approximate surface area is 217 Å². The molecule has 198 valence electrons. The van der Waals surface area contributed by atoms with Crippen LogP contribution in [-0.4, -0.2) is 72.0 Å². The summed E-state index contributed by atoms with van der Waals surface area (Å²) in [6.45, 7) is 4.23. The van der Waals surface area contributed by atoms with Crippen LogP contribution in [0.15, 0.2) is 60.2 Å². The lowest BCUT2D eigenvalue weighted by atomic mass is 9.77. The van der Waals surface area contributed by atoms with Gasteiger partial charge in [0.25, 0.3) is 0 Å². The van der Waals surface area contributed by atoms with Crippen LogP contribution in [0.4, 0.5) is 0 Å². The zero-order valence-electron chi connectivity index (χ0n) is 21.6. The number of ether oxygens (including phenoxy) is 2. The van der Waals surface area contributed by atoms with E-state index in [4.69, 9.17) is 9.47 Å². The van der Waals surface area contributed by atoms with E-state index < -0.39 is 24.2 Å². The van der Waals surface area contributed by atoms with Gasteiger partial charge in [0, 0.05) is 30.6 Å². The van der Waals surface area contributed by atoms with Crippen molar-refractivity contribution in [2.45, 2.75) is 50.9 Å². The summed E-state index contributed by atoms with van der Waals surface area (Å²) in [5, 5.41) is 23.6. The van der Waals surface area contributed by atoms with E-state index in [0.29, 0.717) is 30.7 Å². The fourth-order valence-corrected chi connectivity index (χ4v) is 5.18. The fraction of sp³-hybridized carbons (Fsp3) is 0.448. The van der Waals surface area contributed by atoms with Crippen molar-refractivity contribution in [3.8, 4) is 11.5 Å². The first-order valence-corrected chi connectivity index (χ1v) is 12.8. The zero-order valence-corrected chi connectivity index (χ0v) is 21.6. The Bertz CT molecular complexity index is 1150. The molecule has 0 spiro atoms. The highest BCUT2D eigenvalue weighted by Gasteiger charge is 2.50. The van der Waals surface area contributed by atoms with Gasteiger partial charge in [-0.25, -0.2) is 0 Å². The normalized spacial score (nSPS) is 21.9. The highest BCUT2D eigenvalue weighted by molar-refractivity contribution is 5.96. The van der Waals surface area contributed by atoms with E-state index in [1.807, 2.05) is 62.4 Å². The van der Waals surface area contributed by atoms with Gasteiger partial charge in [-0.1, -0.05) is 44.2 Å². The minimum atomic E-state index is -1.03. The molecule has 0 bridgehead atoms. The first-order valence-electron chi connectivity index (χ1n) is 12.8. The summed E-state index contributed by atoms with van der Waals surface area (Å²) in [6.07, 6.45) is 0.838. The topological polar surface area (TPSA) is 108 Å². The number of hydrogen-bond acceptors (Lipinski definition) is 6. The number of nitrogens with zero attached hydrogens (tertiary/aromatic N) is 1. The van der Waals surface area contributed by atoms with Gasteiger partial charge >= 0.3 is 0 Å². The molecule has 0 radical (unpaired) electrons. The molecular weight excluding hydrogens is 472 g/mol. The number of rotatable bonds is 10. The highest BCUT2D eigenvalue weighted by Crippen LogP contribution is 2.47. The van der Waals surface area contributed by atoms with Crippen molar-refractivity contribution in [3.63, 3.8) is 0 Å². The molecule has 0 aromatic heterocycles. The molecule has 0 saturated heterocycles. The van der Waals surface area contributed by atoms with Crippen LogP contribution in [0.2, 0.25) is 0 Å². The Kier molecular flexibility index (Phi) is 8.51. The monoisotopic (exact) mass is 508 g/mol. The van der Waals surface area contributed by atoms with Crippen LogP contribution in [-0.2, 0) is 16.0 Å². The molecule has 0 fully saturated rings. The smallest absolute Gasteiger partial charge is 0.247 e. The van der Waals surface area contributed by atoms with Crippen molar-refractivity contribution in [2.75, 3.05) is 26.8 Å². The summed E-state index contributed by atoms with van der Waals surface area (Å²) >= 11 is 0. The molecular formula is C29H36N2O6. The van der Waals surface area contributed by atoms with Gasteiger partial charge < -0.3 is 29.9 Å². The summed E-state index contributed by atoms with van der Waals surface area (Å²) in [5.41, 5.74) is 2.26. The molecule has 2 aliphatic rings. The van der Waals surface area contributed by atoms with Gasteiger partial charge in [-0.05, 0) is 42.2 Å². The second kappa shape index (κ2) is 11.8. The van der Waals surface area contributed by atoms with Crippen molar-refractivity contribution < 1.29 is 29.3 Å². The molecule has 1 aliphatic carbocycles. The van der Waals surface area contributed by atoms with Gasteiger partial charge in [-0.3, -0.25) is 9.59 Å². The number of amides is 2. The second-order valence-corrected chi connectivity index (χ2v) is 9.97. The van der Waals surface area contributed by atoms with Crippen molar-refractivity contribution >= 4 is 11.8 Å². The SMILES string of the molecule is COc1cccc(CCN(C(=O)CC(C)C)C2C=C(C(=O)NCCO)C3c4ccccc4OC3C2O)c1. The van der Waals surface area contributed by atoms with Crippen molar-refractivity contribution in [1.82, 2.24) is 10.2 Å². The number of para-hydroxylation sites is 1. The molecule has 4 atom stereocenters. The summed E-state index contributed by atoms with van der Waals surface area (Å²) in [5.74, 6) is 0.574. The Balaban J connectivity index is 1.70. The Hall–Kier alpha value is -3.36. The van der Waals surface area contributed by atoms with E-state index in [-0.39, 0.29) is 30.9 Å². The van der Waals surface area contributed by atoms with Crippen LogP contribution in [0.25, 0.3) is 0 Å². The van der Waals surface area contributed by atoms with Crippen LogP contribution in [0, 0.1) is 5.92 Å². The summed E-state index contributed by atoms with van der Waals surface area (Å²) in [6, 6.07) is 14.4. The Morgan fingerprint density at radius 2 is 1.95 bits per heavy atom. The van der Waals surface area contributed by atoms with Gasteiger partial charge in [0.2, 0.25) is 11.8 Å². The molecule has 4 unspecified atom stereocenters. The van der Waals surface area contributed by atoms with E-state index in [0.717, 1.165) is 16.9 Å². The summed E-state index contributed by atoms with van der Waals surface area (Å²) in [7, 11) is 1.61. The molecule has 4 rings (SSSR count). The average Bonchev–Trinajstić information content (AvgIpc) is 3.28. The highest BCUT2D eigenvalue weighted by atomic mass is 16.5. The predicted molar refractivity (Wildman–Crippen MR) is 139 cm³/mol. The van der Waals surface area contributed by atoms with Gasteiger partial charge in [0.1, 0.15) is 23.7 Å². The lowest BCUT2D eigenvalue weighted by molar-refractivity contribution is -0.137. The molecule has 2 amide bonds. The van der Waals surface area contributed by atoms with E-state index in [1.54, 1.807) is 18.1 Å². The lowest BCUT2D eigenvalue weighted by Crippen LogP contribution is -2.56. The Morgan fingerprint density at radius 1 is 1.16 bits per heavy atom. The number of benzene rings is 2. The van der Waals surface area contributed by atoms with Gasteiger partial charge in [0.05, 0.1) is 25.7 Å². The minimum absolute atomic E-state index is 0.0951. The zero-order chi connectivity index (χ0) is 26.5. The van der Waals surface area contributed by atoms with Crippen molar-refractivity contribution in [3.05, 3.63) is 71.3 Å². The van der Waals surface area contributed by atoms with Crippen LogP contribution in [0.3, 0.4) is 0 Å². The van der Waals surface area contributed by atoms with E-state index in [2.05, 4.69) is 5.32 Å². The van der Waals surface area contributed by atoms with Gasteiger partial charge in [0.15, 0.2) is 0 Å². The van der Waals surface area contributed by atoms with Crippen LogP contribution < -0.4 is 14.8 Å². The van der Waals surface area contributed by atoms with Crippen LogP contribution in [0.1, 0.15) is 37.3 Å². The quantitative estimate of drug-likeness (QED) is 0.455. The molecule has 2 aromatic carbocycles. The van der Waals surface area contributed by atoms with Crippen molar-refractivity contribution in [2.24, 2.45) is 5.92 Å². The van der Waals surface area contributed by atoms with Gasteiger partial charge in [-0.15, -0.1) is 0 Å². The maximum Gasteiger partial charge on any atom is 0.247 e. The number of hydrogen-bond donors (Lipinski definition) is 3. The average molecular weight is 509 g/mol. The first-order chi connectivity index (χ1) is 17.8. The number of carbonyl (C=O) groups is 2. The minimum Gasteiger partial charge on any atom is -0.497 e. The maximum absolute atomic E-state index is 13.5. The van der Waals surface area contributed by atoms with E-state index in [1.165, 1.54) is 0 Å². The number of methoxy groups -OCH3 is 1. The Morgan fingerprint density at radius 3 is 2.68 bits per heavy atom. The second-order valence-electron chi connectivity index (χ2n) is 9.97. The van der Waals surface area contributed by atoms with Gasteiger partial charge in [-0.2, -0.15) is 0 Å². The molecule has 3 N–H and O–H groups in total. The number of aliphatic hydroxyl groups is 2. The summed E-state index contributed by atoms with van der Waals surface area (Å²) < 4.78 is 11.5. The number of fused-ring (bicyclic) bond motifs is 3. The third-order valence-electron chi connectivity index (χ3n) is 6.92. The number of carbonyl (C=O) groups excluding carboxylic acids is 2. The summed E-state index contributed by atoms with van der Waals surface area (Å²) in [4.78, 5) is 28.4. The van der Waals surface area contributed by atoms with E-state index >= 15 is 0 Å². The van der Waals surface area contributed by atoms with Crippen molar-refractivity contribution in [1.29, 1.82) is 0 Å². The molecule has 2 aromatic rings. The molecule has 37 heavy (non-hydrogen) atoms. The number of nitrogens with one attached hydrogen (secondary N) is 1. The molecule has 8 heteroatoms. The van der Waals surface area contributed by atoms with Crippen LogP contribution in [0.5, 0.6) is 11.5 Å². The van der Waals surface area contributed by atoms with E-state index in [9.17, 15) is 19.8 Å². The largest absolute Gasteiger partial charge is 0.497 e. The fourth-order valence-electron chi connectivity index (χ4n) is 5.18. The predicted octanol–water partition coefficient (Wildman–Crippen LogP) is 2.44. The standard InChI is InChI=1S/C29H36N2O6/c1-18(2)15-25(33)31(13-11-19-7-6-8-20(16-19)36-3)23-17-22(29(35)30-12-14-32)26-21-9-4-5-10-24(21)37-28(26)27(23)34/h4-10,16-18,23,26-28,32,34H,11-15H2,1-3H3,(H,30,35). The molecule has 8 nitrogen and oxygen atoms in total. The van der Waals surface area contributed by atoms with Crippen LogP contribution >= 0.6 is 0 Å². The lowest BCUT2D eigenvalue weighted by Gasteiger charge is -2.41.